The smallest absolute Gasteiger partial charge is 0.273 e. The van der Waals surface area contributed by atoms with Crippen molar-refractivity contribution in [2.75, 3.05) is 4.90 Å². The maximum atomic E-state index is 13.2. The van der Waals surface area contributed by atoms with E-state index in [-0.39, 0.29) is 11.0 Å². The average molecular weight is 461 g/mol. The molecule has 1 heterocycles. The summed E-state index contributed by atoms with van der Waals surface area (Å²) in [6, 6.07) is 14.1. The molecule has 0 aromatic heterocycles. The topological polar surface area (TPSA) is 66.5 Å². The molecule has 0 atom stereocenters. The number of nitrogens with one attached hydrogen (secondary N) is 1. The van der Waals surface area contributed by atoms with E-state index in [0.717, 1.165) is 22.7 Å². The SMILES string of the molecule is O=C1NC(=O)N(c2ccc(C34CC5CC(CC(C5)C3)C4)cc2)C(=O)/C1=C/c1ccccc1Cl. The Balaban J connectivity index is 1.30. The van der Waals surface area contributed by atoms with Gasteiger partial charge >= 0.3 is 6.03 Å². The molecule has 0 unspecified atom stereocenters. The summed E-state index contributed by atoms with van der Waals surface area (Å²) in [5, 5.41) is 2.71. The highest BCUT2D eigenvalue weighted by atomic mass is 35.5. The lowest BCUT2D eigenvalue weighted by Crippen LogP contribution is -2.54. The predicted molar refractivity (Wildman–Crippen MR) is 127 cm³/mol. The largest absolute Gasteiger partial charge is 0.335 e. The van der Waals surface area contributed by atoms with Gasteiger partial charge in [-0.25, -0.2) is 9.69 Å². The average Bonchev–Trinajstić information content (AvgIpc) is 2.77. The number of imide groups is 2. The molecule has 5 aliphatic rings. The first-order valence-electron chi connectivity index (χ1n) is 11.7. The highest BCUT2D eigenvalue weighted by molar-refractivity contribution is 6.39. The van der Waals surface area contributed by atoms with E-state index in [2.05, 4.69) is 17.4 Å². The minimum absolute atomic E-state index is 0.118. The van der Waals surface area contributed by atoms with Crippen LogP contribution in [0, 0.1) is 17.8 Å². The van der Waals surface area contributed by atoms with E-state index in [4.69, 9.17) is 11.6 Å². The maximum Gasteiger partial charge on any atom is 0.335 e. The Morgan fingerprint density at radius 2 is 1.48 bits per heavy atom. The molecule has 0 spiro atoms. The van der Waals surface area contributed by atoms with Gasteiger partial charge in [-0.1, -0.05) is 41.9 Å². The van der Waals surface area contributed by atoms with Gasteiger partial charge in [0.2, 0.25) is 0 Å². The summed E-state index contributed by atoms with van der Waals surface area (Å²) in [6.07, 6.45) is 9.34. The lowest BCUT2D eigenvalue weighted by molar-refractivity contribution is -0.122. The fourth-order valence-corrected chi connectivity index (χ4v) is 7.26. The molecule has 168 valence electrons. The van der Waals surface area contributed by atoms with E-state index < -0.39 is 17.8 Å². The van der Waals surface area contributed by atoms with Crippen molar-refractivity contribution in [3.8, 4) is 0 Å². The second-order valence-electron chi connectivity index (χ2n) is 10.2. The van der Waals surface area contributed by atoms with Gasteiger partial charge in [0, 0.05) is 5.02 Å². The van der Waals surface area contributed by atoms with Crippen molar-refractivity contribution in [1.29, 1.82) is 0 Å². The number of hydrogen-bond acceptors (Lipinski definition) is 3. The van der Waals surface area contributed by atoms with Gasteiger partial charge in [-0.15, -0.1) is 0 Å². The number of anilines is 1. The summed E-state index contributed by atoms with van der Waals surface area (Å²) < 4.78 is 0. The minimum Gasteiger partial charge on any atom is -0.273 e. The second-order valence-corrected chi connectivity index (χ2v) is 10.6. The van der Waals surface area contributed by atoms with Crippen LogP contribution in [0.3, 0.4) is 0 Å². The van der Waals surface area contributed by atoms with Gasteiger partial charge in [0.1, 0.15) is 5.57 Å². The summed E-state index contributed by atoms with van der Waals surface area (Å²) in [7, 11) is 0. The monoisotopic (exact) mass is 460 g/mol. The fourth-order valence-electron chi connectivity index (χ4n) is 7.07. The van der Waals surface area contributed by atoms with Crippen LogP contribution in [0.15, 0.2) is 54.1 Å². The van der Waals surface area contributed by atoms with Crippen molar-refractivity contribution in [2.24, 2.45) is 17.8 Å². The Labute approximate surface area is 197 Å². The van der Waals surface area contributed by atoms with Crippen LogP contribution in [0.2, 0.25) is 5.02 Å². The highest BCUT2D eigenvalue weighted by Crippen LogP contribution is 2.60. The molecular weight excluding hydrogens is 436 g/mol. The number of halogens is 1. The Kier molecular flexibility index (Phi) is 4.73. The summed E-state index contributed by atoms with van der Waals surface area (Å²) in [5.41, 5.74) is 2.45. The Morgan fingerprint density at radius 1 is 0.879 bits per heavy atom. The Morgan fingerprint density at radius 3 is 2.09 bits per heavy atom. The first-order valence-corrected chi connectivity index (χ1v) is 12.1. The molecule has 5 fully saturated rings. The van der Waals surface area contributed by atoms with Gasteiger partial charge in [0.05, 0.1) is 5.69 Å². The highest BCUT2D eigenvalue weighted by Gasteiger charge is 2.51. The number of benzene rings is 2. The molecule has 4 aliphatic carbocycles. The summed E-state index contributed by atoms with van der Waals surface area (Å²) >= 11 is 6.20. The van der Waals surface area contributed by atoms with Gasteiger partial charge in [-0.2, -0.15) is 0 Å². The number of carbonyl (C=O) groups is 3. The third-order valence-corrected chi connectivity index (χ3v) is 8.43. The van der Waals surface area contributed by atoms with Crippen molar-refractivity contribution >= 4 is 41.2 Å². The molecule has 1 saturated heterocycles. The summed E-state index contributed by atoms with van der Waals surface area (Å²) in [5.74, 6) is 1.16. The molecule has 0 radical (unpaired) electrons. The first kappa shape index (κ1) is 20.7. The zero-order valence-corrected chi connectivity index (χ0v) is 19.0. The molecule has 4 bridgehead atoms. The van der Waals surface area contributed by atoms with Crippen LogP contribution in [-0.2, 0) is 15.0 Å². The number of rotatable bonds is 3. The minimum atomic E-state index is -0.733. The molecule has 2 aromatic rings. The van der Waals surface area contributed by atoms with E-state index in [1.165, 1.54) is 50.2 Å². The molecule has 2 aromatic carbocycles. The molecule has 4 amide bonds. The van der Waals surface area contributed by atoms with E-state index >= 15 is 0 Å². The number of nitrogens with zero attached hydrogens (tertiary/aromatic N) is 1. The van der Waals surface area contributed by atoms with Crippen molar-refractivity contribution < 1.29 is 14.4 Å². The number of urea groups is 1. The molecule has 6 heteroatoms. The van der Waals surface area contributed by atoms with E-state index in [1.807, 2.05) is 12.1 Å². The molecule has 4 saturated carbocycles. The lowest BCUT2D eigenvalue weighted by Gasteiger charge is -2.57. The molecule has 33 heavy (non-hydrogen) atoms. The van der Waals surface area contributed by atoms with Crippen LogP contribution >= 0.6 is 11.6 Å². The van der Waals surface area contributed by atoms with Gasteiger partial charge in [-0.3, -0.25) is 14.9 Å². The van der Waals surface area contributed by atoms with E-state index in [1.54, 1.807) is 24.3 Å². The van der Waals surface area contributed by atoms with Gasteiger partial charge in [0.15, 0.2) is 0 Å². The van der Waals surface area contributed by atoms with Crippen molar-refractivity contribution in [3.05, 3.63) is 70.3 Å². The lowest BCUT2D eigenvalue weighted by atomic mass is 9.48. The predicted octanol–water partition coefficient (Wildman–Crippen LogP) is 5.47. The third-order valence-electron chi connectivity index (χ3n) is 8.08. The number of barbiturate groups is 1. The summed E-state index contributed by atoms with van der Waals surface area (Å²) in [4.78, 5) is 39.3. The van der Waals surface area contributed by atoms with Crippen molar-refractivity contribution in [2.45, 2.75) is 43.9 Å². The Hall–Kier alpha value is -2.92. The zero-order valence-electron chi connectivity index (χ0n) is 18.2. The van der Waals surface area contributed by atoms with Gasteiger partial charge in [0.25, 0.3) is 11.8 Å². The molecular formula is C27H25ClN2O3. The van der Waals surface area contributed by atoms with Crippen LogP contribution in [-0.4, -0.2) is 17.8 Å². The summed E-state index contributed by atoms with van der Waals surface area (Å²) in [6.45, 7) is 0. The molecule has 7 rings (SSSR count). The third kappa shape index (κ3) is 3.41. The number of hydrogen-bond donors (Lipinski definition) is 1. The maximum absolute atomic E-state index is 13.2. The van der Waals surface area contributed by atoms with Crippen LogP contribution in [0.25, 0.3) is 6.08 Å². The van der Waals surface area contributed by atoms with Crippen LogP contribution < -0.4 is 10.2 Å². The first-order chi connectivity index (χ1) is 15.9. The van der Waals surface area contributed by atoms with Crippen LogP contribution in [0.4, 0.5) is 10.5 Å². The van der Waals surface area contributed by atoms with E-state index in [9.17, 15) is 14.4 Å². The van der Waals surface area contributed by atoms with E-state index in [0.29, 0.717) is 16.3 Å². The molecule has 5 nitrogen and oxygen atoms in total. The van der Waals surface area contributed by atoms with Crippen LogP contribution in [0.1, 0.15) is 49.7 Å². The molecule has 1 aliphatic heterocycles. The normalized spacial score (nSPS) is 31.9. The van der Waals surface area contributed by atoms with Gasteiger partial charge in [-0.05, 0) is 97.1 Å². The van der Waals surface area contributed by atoms with Crippen molar-refractivity contribution in [3.63, 3.8) is 0 Å². The van der Waals surface area contributed by atoms with Gasteiger partial charge < -0.3 is 0 Å². The van der Waals surface area contributed by atoms with Crippen molar-refractivity contribution in [1.82, 2.24) is 5.32 Å². The second kappa shape index (κ2) is 7.56. The van der Waals surface area contributed by atoms with Crippen LogP contribution in [0.5, 0.6) is 0 Å². The number of carbonyl (C=O) groups excluding carboxylic acids is 3. The zero-order chi connectivity index (χ0) is 22.7. The molecule has 1 N–H and O–H groups in total. The fraction of sp³-hybridized carbons (Fsp3) is 0.370. The number of amides is 4. The Bertz CT molecular complexity index is 1160. The quantitative estimate of drug-likeness (QED) is 0.487. The standard InChI is InChI=1S/C27H25ClN2O3/c28-23-4-2-1-3-19(23)12-22-24(31)29-26(33)30(25(22)32)21-7-5-20(6-8-21)27-13-16-9-17(14-27)11-18(10-16)15-27/h1-8,12,16-18H,9-11,13-15H2,(H,29,31,33)/b22-12+.